The molecule has 2 aromatic carbocycles. The van der Waals surface area contributed by atoms with Gasteiger partial charge in [0.05, 0.1) is 16.8 Å². The number of aryl methyl sites for hydroxylation is 2. The van der Waals surface area contributed by atoms with Crippen LogP contribution in [0.2, 0.25) is 0 Å². The zero-order chi connectivity index (χ0) is 23.4. The maximum atomic E-state index is 13.6. The number of rotatable bonds is 3. The number of benzene rings is 2. The highest BCUT2D eigenvalue weighted by molar-refractivity contribution is 7.99. The molecule has 3 heterocycles. The molecule has 0 aliphatic heterocycles. The lowest BCUT2D eigenvalue weighted by atomic mass is 10.1. The van der Waals surface area contributed by atoms with Crippen LogP contribution in [0.1, 0.15) is 5.69 Å². The average Bonchev–Trinajstić information content (AvgIpc) is 3.06. The first-order chi connectivity index (χ1) is 15.8. The van der Waals surface area contributed by atoms with Gasteiger partial charge >= 0.3 is 5.63 Å². The highest BCUT2D eigenvalue weighted by atomic mass is 32.2. The van der Waals surface area contributed by atoms with Gasteiger partial charge in [-0.05, 0) is 49.4 Å². The van der Waals surface area contributed by atoms with Crippen molar-refractivity contribution in [3.05, 3.63) is 80.8 Å². The number of aromatic nitrogens is 3. The van der Waals surface area contributed by atoms with Crippen molar-refractivity contribution in [1.82, 2.24) is 14.3 Å². The summed E-state index contributed by atoms with van der Waals surface area (Å²) in [5.41, 5.74) is -0.338. The van der Waals surface area contributed by atoms with Crippen LogP contribution in [-0.4, -0.2) is 24.6 Å². The summed E-state index contributed by atoms with van der Waals surface area (Å²) in [5, 5.41) is 25.3. The molecule has 5 aromatic rings. The predicted molar refractivity (Wildman–Crippen MR) is 121 cm³/mol. The molecule has 33 heavy (non-hydrogen) atoms. The summed E-state index contributed by atoms with van der Waals surface area (Å²) < 4.78 is 22.0. The molecule has 10 heteroatoms. The van der Waals surface area contributed by atoms with E-state index < -0.39 is 22.8 Å². The number of phenolic OH excluding ortho intramolecular Hbond substituents is 1. The van der Waals surface area contributed by atoms with Crippen LogP contribution >= 0.6 is 11.8 Å². The molecule has 2 N–H and O–H groups in total. The van der Waals surface area contributed by atoms with E-state index in [-0.39, 0.29) is 21.6 Å². The summed E-state index contributed by atoms with van der Waals surface area (Å²) >= 11 is 0.799. The molecule has 0 aliphatic rings. The molecule has 8 nitrogen and oxygen atoms in total. The van der Waals surface area contributed by atoms with Crippen LogP contribution in [0.15, 0.2) is 72.3 Å². The van der Waals surface area contributed by atoms with Gasteiger partial charge in [0.2, 0.25) is 0 Å². The Morgan fingerprint density at radius 2 is 1.79 bits per heavy atom. The Bertz CT molecular complexity index is 1690. The zero-order valence-corrected chi connectivity index (χ0v) is 18.2. The minimum atomic E-state index is -0.861. The second-order valence-corrected chi connectivity index (χ2v) is 8.48. The first-order valence-corrected chi connectivity index (χ1v) is 10.6. The number of nitrogens with zero attached hydrogens (tertiary/aromatic N) is 3. The minimum Gasteiger partial charge on any atom is -0.508 e. The standard InChI is InChI=1S/C23H16FN3O5S/c1-11-16-19-17(18(29)20(23(31)32-19)33-15-5-3-4-12(24)10-15)22(30)27(21(16)26(2)25-11)13-6-8-14(28)9-7-13/h3-10,28-29H,1-2H3. The van der Waals surface area contributed by atoms with Crippen LogP contribution in [0.25, 0.3) is 27.7 Å². The Hall–Kier alpha value is -4.05. The van der Waals surface area contributed by atoms with E-state index in [2.05, 4.69) is 5.10 Å². The van der Waals surface area contributed by atoms with Crippen molar-refractivity contribution in [3.8, 4) is 17.2 Å². The van der Waals surface area contributed by atoms with Crippen LogP contribution in [0.4, 0.5) is 4.39 Å². The number of hydrogen-bond acceptors (Lipinski definition) is 7. The van der Waals surface area contributed by atoms with Gasteiger partial charge in [0.15, 0.2) is 11.3 Å². The van der Waals surface area contributed by atoms with E-state index in [1.807, 2.05) is 0 Å². The van der Waals surface area contributed by atoms with Gasteiger partial charge in [-0.1, -0.05) is 17.8 Å². The molecule has 5 rings (SSSR count). The summed E-state index contributed by atoms with van der Waals surface area (Å²) in [6.45, 7) is 1.69. The first kappa shape index (κ1) is 20.8. The molecule has 0 spiro atoms. The topological polar surface area (TPSA) is 110 Å². The van der Waals surface area contributed by atoms with Crippen LogP contribution in [0, 0.1) is 12.7 Å². The molecule has 0 bridgehead atoms. The summed E-state index contributed by atoms with van der Waals surface area (Å²) in [4.78, 5) is 26.6. The van der Waals surface area contributed by atoms with E-state index in [0.717, 1.165) is 11.8 Å². The van der Waals surface area contributed by atoms with Gasteiger partial charge < -0.3 is 14.6 Å². The molecule has 0 saturated heterocycles. The van der Waals surface area contributed by atoms with E-state index >= 15 is 0 Å². The lowest BCUT2D eigenvalue weighted by Gasteiger charge is -2.13. The summed E-state index contributed by atoms with van der Waals surface area (Å²) in [5.74, 6) is -1.04. The van der Waals surface area contributed by atoms with Gasteiger partial charge in [0, 0.05) is 11.9 Å². The van der Waals surface area contributed by atoms with Gasteiger partial charge in [-0.3, -0.25) is 14.0 Å². The van der Waals surface area contributed by atoms with E-state index in [4.69, 9.17) is 4.42 Å². The van der Waals surface area contributed by atoms with Crippen molar-refractivity contribution in [1.29, 1.82) is 0 Å². The molecule has 166 valence electrons. The molecule has 0 unspecified atom stereocenters. The highest BCUT2D eigenvalue weighted by Gasteiger charge is 2.26. The zero-order valence-electron chi connectivity index (χ0n) is 17.4. The third-order valence-electron chi connectivity index (χ3n) is 5.23. The number of phenols is 1. The molecule has 0 atom stereocenters. The van der Waals surface area contributed by atoms with Gasteiger partial charge in [0.25, 0.3) is 5.56 Å². The molecule has 0 aliphatic carbocycles. The average molecular weight is 465 g/mol. The van der Waals surface area contributed by atoms with Crippen LogP contribution in [-0.2, 0) is 7.05 Å². The van der Waals surface area contributed by atoms with Crippen molar-refractivity contribution in [2.24, 2.45) is 7.05 Å². The maximum absolute atomic E-state index is 13.6. The third-order valence-corrected chi connectivity index (χ3v) is 6.28. The normalized spacial score (nSPS) is 11.5. The summed E-state index contributed by atoms with van der Waals surface area (Å²) in [6.07, 6.45) is 0. The third kappa shape index (κ3) is 3.26. The van der Waals surface area contributed by atoms with Crippen LogP contribution in [0.5, 0.6) is 11.5 Å². The van der Waals surface area contributed by atoms with Gasteiger partial charge in [-0.25, -0.2) is 9.18 Å². The molecule has 0 amide bonds. The Morgan fingerprint density at radius 3 is 2.48 bits per heavy atom. The van der Waals surface area contributed by atoms with E-state index in [0.29, 0.717) is 27.3 Å². The van der Waals surface area contributed by atoms with Crippen molar-refractivity contribution >= 4 is 33.8 Å². The molecule has 0 fully saturated rings. The van der Waals surface area contributed by atoms with Crippen molar-refractivity contribution in [2.75, 3.05) is 0 Å². The second-order valence-electron chi connectivity index (χ2n) is 7.40. The number of hydrogen-bond donors (Lipinski definition) is 2. The Morgan fingerprint density at radius 1 is 1.06 bits per heavy atom. The second kappa shape index (κ2) is 7.52. The molecular weight excluding hydrogens is 449 g/mol. The fourth-order valence-corrected chi connectivity index (χ4v) is 4.72. The fourth-order valence-electron chi connectivity index (χ4n) is 3.84. The van der Waals surface area contributed by atoms with E-state index in [9.17, 15) is 24.2 Å². The van der Waals surface area contributed by atoms with Crippen molar-refractivity contribution < 1.29 is 19.0 Å². The highest BCUT2D eigenvalue weighted by Crippen LogP contribution is 2.38. The maximum Gasteiger partial charge on any atom is 0.354 e. The number of aromatic hydroxyl groups is 2. The van der Waals surface area contributed by atoms with Gasteiger partial charge in [0.1, 0.15) is 27.5 Å². The van der Waals surface area contributed by atoms with Crippen molar-refractivity contribution in [3.63, 3.8) is 0 Å². The molecule has 0 radical (unpaired) electrons. The summed E-state index contributed by atoms with van der Waals surface area (Å²) in [6, 6.07) is 11.4. The monoisotopic (exact) mass is 465 g/mol. The minimum absolute atomic E-state index is 0.0210. The SMILES string of the molecule is Cc1nn(C)c2c1c1oc(=O)c(Sc3cccc(F)c3)c(O)c1c(=O)n2-c1ccc(O)cc1. The number of fused-ring (bicyclic) bond motifs is 3. The summed E-state index contributed by atoms with van der Waals surface area (Å²) in [7, 11) is 1.64. The fraction of sp³-hybridized carbons (Fsp3) is 0.0870. The van der Waals surface area contributed by atoms with E-state index in [1.54, 1.807) is 32.2 Å². The molecule has 0 saturated carbocycles. The van der Waals surface area contributed by atoms with Gasteiger partial charge in [-0.15, -0.1) is 0 Å². The van der Waals surface area contributed by atoms with Crippen LogP contribution < -0.4 is 11.2 Å². The predicted octanol–water partition coefficient (Wildman–Crippen LogP) is 3.84. The number of pyridine rings is 1. The lowest BCUT2D eigenvalue weighted by Crippen LogP contribution is -2.22. The van der Waals surface area contributed by atoms with Gasteiger partial charge in [-0.2, -0.15) is 5.10 Å². The smallest absolute Gasteiger partial charge is 0.354 e. The van der Waals surface area contributed by atoms with Crippen molar-refractivity contribution in [2.45, 2.75) is 16.7 Å². The number of halogens is 1. The van der Waals surface area contributed by atoms with E-state index in [1.165, 1.54) is 39.6 Å². The Balaban J connectivity index is 1.90. The molecular formula is C23H16FN3O5S. The lowest BCUT2D eigenvalue weighted by molar-refractivity contribution is 0.447. The largest absolute Gasteiger partial charge is 0.508 e. The molecule has 3 aromatic heterocycles. The Labute approximate surface area is 189 Å². The first-order valence-electron chi connectivity index (χ1n) is 9.77. The Kier molecular flexibility index (Phi) is 4.75. The van der Waals surface area contributed by atoms with Crippen LogP contribution in [0.3, 0.4) is 0 Å². The quantitative estimate of drug-likeness (QED) is 0.417.